The maximum atomic E-state index is 6.16. The van der Waals surface area contributed by atoms with Gasteiger partial charge >= 0.3 is 0 Å². The van der Waals surface area contributed by atoms with Crippen molar-refractivity contribution in [1.29, 1.82) is 0 Å². The van der Waals surface area contributed by atoms with Crippen LogP contribution in [0.5, 0.6) is 0 Å². The molecule has 0 saturated carbocycles. The van der Waals surface area contributed by atoms with E-state index in [1.807, 2.05) is 36.4 Å². The molecule has 0 spiro atoms. The average molecular weight is 605 g/mol. The third-order valence-electron chi connectivity index (χ3n) is 9.70. The Morgan fingerprint density at radius 2 is 1.19 bits per heavy atom. The van der Waals surface area contributed by atoms with Gasteiger partial charge in [-0.05, 0) is 99.4 Å². The van der Waals surface area contributed by atoms with Crippen LogP contribution in [0.3, 0.4) is 0 Å². The number of rotatable bonds is 5. The number of fused-ring (bicyclic) bond motifs is 6. The second kappa shape index (κ2) is 10.6. The van der Waals surface area contributed by atoms with Crippen molar-refractivity contribution in [2.45, 2.75) is 19.3 Å². The highest BCUT2D eigenvalue weighted by atomic mass is 16.3. The highest BCUT2D eigenvalue weighted by Crippen LogP contribution is 2.52. The zero-order chi connectivity index (χ0) is 31.5. The SMILES string of the molecule is CC1(C)c2ccccc2-c2c(-c3ccc(N(c4ccccc4)c4ccc5c(ccc6oc(-c7ccccc7)nc65)c4)cc3)cccc21. The van der Waals surface area contributed by atoms with Gasteiger partial charge in [0.25, 0.3) is 0 Å². The molecule has 1 aliphatic carbocycles. The van der Waals surface area contributed by atoms with E-state index in [2.05, 4.69) is 140 Å². The van der Waals surface area contributed by atoms with E-state index < -0.39 is 0 Å². The number of aromatic nitrogens is 1. The Morgan fingerprint density at radius 1 is 0.532 bits per heavy atom. The Kier molecular flexibility index (Phi) is 6.16. The summed E-state index contributed by atoms with van der Waals surface area (Å²) >= 11 is 0. The Balaban J connectivity index is 1.13. The summed E-state index contributed by atoms with van der Waals surface area (Å²) in [5.41, 5.74) is 13.9. The highest BCUT2D eigenvalue weighted by Gasteiger charge is 2.36. The number of para-hydroxylation sites is 1. The van der Waals surface area contributed by atoms with E-state index in [1.54, 1.807) is 0 Å². The van der Waals surface area contributed by atoms with E-state index >= 15 is 0 Å². The van der Waals surface area contributed by atoms with Crippen LogP contribution in [0.25, 0.3) is 55.6 Å². The van der Waals surface area contributed by atoms with Crippen molar-refractivity contribution in [2.24, 2.45) is 0 Å². The monoisotopic (exact) mass is 604 g/mol. The minimum absolute atomic E-state index is 0.0251. The molecule has 9 rings (SSSR count). The van der Waals surface area contributed by atoms with Crippen molar-refractivity contribution >= 4 is 38.9 Å². The molecule has 0 fully saturated rings. The van der Waals surface area contributed by atoms with E-state index in [4.69, 9.17) is 9.40 Å². The summed E-state index contributed by atoms with van der Waals surface area (Å²) in [6, 6.07) is 56.0. The molecule has 1 aliphatic rings. The quantitative estimate of drug-likeness (QED) is 0.196. The summed E-state index contributed by atoms with van der Waals surface area (Å²) in [7, 11) is 0. The highest BCUT2D eigenvalue weighted by molar-refractivity contribution is 6.05. The third-order valence-corrected chi connectivity index (χ3v) is 9.70. The van der Waals surface area contributed by atoms with E-state index in [0.29, 0.717) is 5.89 Å². The lowest BCUT2D eigenvalue weighted by atomic mass is 9.82. The standard InChI is InChI=1S/C44H32N2O/c1-44(2)38-18-10-9-16-37(38)41-35(17-11-19-39(41)44)29-20-23-33(24-21-29)46(32-14-7-4-8-15-32)34-25-26-36-31(28-34)22-27-40-42(36)45-43(47-40)30-12-5-3-6-13-30/h3-28H,1-2H3. The summed E-state index contributed by atoms with van der Waals surface area (Å²) in [4.78, 5) is 7.23. The molecule has 3 nitrogen and oxygen atoms in total. The van der Waals surface area contributed by atoms with Crippen molar-refractivity contribution in [3.63, 3.8) is 0 Å². The molecule has 224 valence electrons. The molecule has 3 heteroatoms. The summed E-state index contributed by atoms with van der Waals surface area (Å²) in [5, 5.41) is 2.18. The van der Waals surface area contributed by atoms with E-state index in [0.717, 1.165) is 44.5 Å². The van der Waals surface area contributed by atoms with E-state index in [9.17, 15) is 0 Å². The molecule has 0 radical (unpaired) electrons. The lowest BCUT2D eigenvalue weighted by Gasteiger charge is -2.26. The average Bonchev–Trinajstić information content (AvgIpc) is 3.67. The number of nitrogens with zero attached hydrogens (tertiary/aromatic N) is 2. The summed E-state index contributed by atoms with van der Waals surface area (Å²) in [6.45, 7) is 4.67. The van der Waals surface area contributed by atoms with Gasteiger partial charge in [-0.25, -0.2) is 4.98 Å². The van der Waals surface area contributed by atoms with Crippen molar-refractivity contribution in [3.8, 4) is 33.7 Å². The fourth-order valence-electron chi connectivity index (χ4n) is 7.36. The van der Waals surface area contributed by atoms with Crippen molar-refractivity contribution in [2.75, 3.05) is 4.90 Å². The zero-order valence-corrected chi connectivity index (χ0v) is 26.3. The first-order valence-electron chi connectivity index (χ1n) is 16.1. The van der Waals surface area contributed by atoms with Gasteiger partial charge in [0.2, 0.25) is 5.89 Å². The number of oxazole rings is 1. The summed E-state index contributed by atoms with van der Waals surface area (Å²) < 4.78 is 6.16. The Labute approximate surface area is 274 Å². The van der Waals surface area contributed by atoms with Gasteiger partial charge in [0.15, 0.2) is 5.58 Å². The Hall–Kier alpha value is -5.93. The first-order chi connectivity index (χ1) is 23.1. The topological polar surface area (TPSA) is 29.3 Å². The van der Waals surface area contributed by atoms with Gasteiger partial charge in [-0.2, -0.15) is 0 Å². The van der Waals surface area contributed by atoms with Crippen molar-refractivity contribution < 1.29 is 4.42 Å². The van der Waals surface area contributed by atoms with Gasteiger partial charge in [0.05, 0.1) is 0 Å². The maximum absolute atomic E-state index is 6.16. The van der Waals surface area contributed by atoms with Gasteiger partial charge < -0.3 is 9.32 Å². The summed E-state index contributed by atoms with van der Waals surface area (Å²) in [5.74, 6) is 0.638. The first-order valence-corrected chi connectivity index (χ1v) is 16.1. The molecule has 1 heterocycles. The van der Waals surface area contributed by atoms with Gasteiger partial charge in [-0.1, -0.05) is 111 Å². The molecular weight excluding hydrogens is 572 g/mol. The lowest BCUT2D eigenvalue weighted by Crippen LogP contribution is -2.14. The molecule has 0 amide bonds. The minimum Gasteiger partial charge on any atom is -0.436 e. The molecule has 8 aromatic rings. The van der Waals surface area contributed by atoms with Gasteiger partial charge in [0.1, 0.15) is 5.52 Å². The fraction of sp³-hybridized carbons (Fsp3) is 0.0682. The van der Waals surface area contributed by atoms with Crippen molar-refractivity contribution in [1.82, 2.24) is 4.98 Å². The van der Waals surface area contributed by atoms with Crippen LogP contribution in [0.15, 0.2) is 162 Å². The van der Waals surface area contributed by atoms with Crippen LogP contribution in [0.4, 0.5) is 17.1 Å². The molecule has 0 bridgehead atoms. The van der Waals surface area contributed by atoms with Gasteiger partial charge in [0, 0.05) is 33.4 Å². The first kappa shape index (κ1) is 27.4. The predicted octanol–water partition coefficient (Wildman–Crippen LogP) is 12.1. The number of hydrogen-bond donors (Lipinski definition) is 0. The number of hydrogen-bond acceptors (Lipinski definition) is 3. The van der Waals surface area contributed by atoms with Crippen LogP contribution >= 0.6 is 0 Å². The minimum atomic E-state index is -0.0251. The second-order valence-electron chi connectivity index (χ2n) is 12.8. The Morgan fingerprint density at radius 3 is 2.00 bits per heavy atom. The Bertz CT molecular complexity index is 2420. The molecule has 1 aromatic heterocycles. The molecule has 0 unspecified atom stereocenters. The maximum Gasteiger partial charge on any atom is 0.227 e. The van der Waals surface area contributed by atoms with Crippen molar-refractivity contribution in [3.05, 3.63) is 169 Å². The lowest BCUT2D eigenvalue weighted by molar-refractivity contribution is 0.620. The summed E-state index contributed by atoms with van der Waals surface area (Å²) in [6.07, 6.45) is 0. The second-order valence-corrected chi connectivity index (χ2v) is 12.8. The largest absolute Gasteiger partial charge is 0.436 e. The molecule has 0 atom stereocenters. The third kappa shape index (κ3) is 4.39. The zero-order valence-electron chi connectivity index (χ0n) is 26.3. The number of benzene rings is 7. The smallest absolute Gasteiger partial charge is 0.227 e. The predicted molar refractivity (Wildman–Crippen MR) is 195 cm³/mol. The molecular formula is C44H32N2O. The van der Waals surface area contributed by atoms with Gasteiger partial charge in [-0.15, -0.1) is 0 Å². The molecule has 7 aromatic carbocycles. The van der Waals surface area contributed by atoms with E-state index in [-0.39, 0.29) is 5.41 Å². The molecule has 0 saturated heterocycles. The van der Waals surface area contributed by atoms with E-state index in [1.165, 1.54) is 33.4 Å². The van der Waals surface area contributed by atoms with Crippen LogP contribution in [0.1, 0.15) is 25.0 Å². The van der Waals surface area contributed by atoms with Gasteiger partial charge in [-0.3, -0.25) is 0 Å². The van der Waals surface area contributed by atoms with Crippen LogP contribution in [-0.2, 0) is 5.41 Å². The van der Waals surface area contributed by atoms with Crippen LogP contribution in [0.2, 0.25) is 0 Å². The fourth-order valence-corrected chi connectivity index (χ4v) is 7.36. The molecule has 0 aliphatic heterocycles. The number of anilines is 3. The van der Waals surface area contributed by atoms with Crippen LogP contribution in [-0.4, -0.2) is 4.98 Å². The van der Waals surface area contributed by atoms with Crippen LogP contribution in [0, 0.1) is 0 Å². The molecule has 0 N–H and O–H groups in total. The van der Waals surface area contributed by atoms with Crippen LogP contribution < -0.4 is 4.90 Å². The normalized spacial score (nSPS) is 13.1. The molecule has 47 heavy (non-hydrogen) atoms.